The van der Waals surface area contributed by atoms with Crippen LogP contribution in [0.25, 0.3) is 0 Å². The third kappa shape index (κ3) is 4.93. The lowest BCUT2D eigenvalue weighted by Gasteiger charge is -2.29. The van der Waals surface area contributed by atoms with Gasteiger partial charge in [0.25, 0.3) is 0 Å². The molecule has 0 aromatic rings. The van der Waals surface area contributed by atoms with Gasteiger partial charge in [-0.25, -0.2) is 0 Å². The van der Waals surface area contributed by atoms with E-state index in [2.05, 4.69) is 5.32 Å². The molecule has 1 saturated heterocycles. The maximum absolute atomic E-state index is 9.72. The lowest BCUT2D eigenvalue weighted by Crippen LogP contribution is -2.46. The molecule has 15 heavy (non-hydrogen) atoms. The van der Waals surface area contributed by atoms with Crippen molar-refractivity contribution in [3.63, 3.8) is 0 Å². The van der Waals surface area contributed by atoms with Crippen molar-refractivity contribution in [1.29, 1.82) is 0 Å². The van der Waals surface area contributed by atoms with Crippen molar-refractivity contribution in [3.05, 3.63) is 0 Å². The topological polar surface area (TPSA) is 50.7 Å². The maximum atomic E-state index is 9.72. The van der Waals surface area contributed by atoms with E-state index in [0.29, 0.717) is 19.6 Å². The lowest BCUT2D eigenvalue weighted by atomic mass is 10.1. The molecule has 0 aromatic carbocycles. The molecule has 1 heterocycles. The van der Waals surface area contributed by atoms with Gasteiger partial charge in [0, 0.05) is 13.1 Å². The van der Waals surface area contributed by atoms with Gasteiger partial charge < -0.3 is 19.9 Å². The molecule has 0 aromatic heterocycles. The van der Waals surface area contributed by atoms with E-state index in [1.807, 2.05) is 13.8 Å². The van der Waals surface area contributed by atoms with E-state index in [0.717, 1.165) is 13.1 Å². The molecule has 1 rings (SSSR count). The molecule has 1 aliphatic rings. The van der Waals surface area contributed by atoms with Crippen molar-refractivity contribution in [2.24, 2.45) is 0 Å². The van der Waals surface area contributed by atoms with Crippen molar-refractivity contribution in [2.45, 2.75) is 45.0 Å². The van der Waals surface area contributed by atoms with Crippen LogP contribution in [0, 0.1) is 0 Å². The SMILES string of the molecule is CCC(C)(O)COCC1CNCC(C)O1. The Morgan fingerprint density at radius 1 is 1.53 bits per heavy atom. The lowest BCUT2D eigenvalue weighted by molar-refractivity contribution is -0.0965. The Bertz CT molecular complexity index is 185. The highest BCUT2D eigenvalue weighted by Crippen LogP contribution is 2.10. The average molecular weight is 217 g/mol. The number of ether oxygens (including phenoxy) is 2. The normalized spacial score (nSPS) is 31.2. The van der Waals surface area contributed by atoms with Crippen molar-refractivity contribution in [1.82, 2.24) is 5.32 Å². The Morgan fingerprint density at radius 2 is 2.27 bits per heavy atom. The summed E-state index contributed by atoms with van der Waals surface area (Å²) >= 11 is 0. The summed E-state index contributed by atoms with van der Waals surface area (Å²) in [7, 11) is 0. The molecule has 3 unspecified atom stereocenters. The van der Waals surface area contributed by atoms with Gasteiger partial charge in [-0.2, -0.15) is 0 Å². The molecule has 0 saturated carbocycles. The number of hydrogen-bond donors (Lipinski definition) is 2. The van der Waals surface area contributed by atoms with Gasteiger partial charge in [-0.15, -0.1) is 0 Å². The average Bonchev–Trinajstić information content (AvgIpc) is 2.18. The molecule has 0 spiro atoms. The minimum absolute atomic E-state index is 0.112. The molecule has 1 fully saturated rings. The van der Waals surface area contributed by atoms with Gasteiger partial charge in [-0.05, 0) is 20.3 Å². The first-order chi connectivity index (χ1) is 7.03. The summed E-state index contributed by atoms with van der Waals surface area (Å²) in [5.74, 6) is 0. The first-order valence-electron chi connectivity index (χ1n) is 5.70. The molecule has 0 bridgehead atoms. The van der Waals surface area contributed by atoms with E-state index in [9.17, 15) is 5.11 Å². The molecular weight excluding hydrogens is 194 g/mol. The smallest absolute Gasteiger partial charge is 0.0936 e. The van der Waals surface area contributed by atoms with Gasteiger partial charge in [-0.1, -0.05) is 6.92 Å². The van der Waals surface area contributed by atoms with Gasteiger partial charge in [0.2, 0.25) is 0 Å². The Labute approximate surface area is 92.0 Å². The van der Waals surface area contributed by atoms with Crippen LogP contribution in [-0.4, -0.2) is 49.2 Å². The monoisotopic (exact) mass is 217 g/mol. The molecule has 0 radical (unpaired) electrons. The van der Waals surface area contributed by atoms with Crippen LogP contribution in [0.15, 0.2) is 0 Å². The van der Waals surface area contributed by atoms with E-state index in [1.54, 1.807) is 6.92 Å². The molecule has 4 heteroatoms. The highest BCUT2D eigenvalue weighted by Gasteiger charge is 2.21. The standard InChI is InChI=1S/C11H23NO3/c1-4-11(3,13)8-14-7-10-6-12-5-9(2)15-10/h9-10,12-13H,4-8H2,1-3H3. The third-order valence-electron chi connectivity index (χ3n) is 2.71. The quantitative estimate of drug-likeness (QED) is 0.706. The number of rotatable bonds is 5. The Morgan fingerprint density at radius 3 is 2.87 bits per heavy atom. The molecule has 0 amide bonds. The van der Waals surface area contributed by atoms with Crippen molar-refractivity contribution < 1.29 is 14.6 Å². The molecule has 4 nitrogen and oxygen atoms in total. The molecule has 1 aliphatic heterocycles. The largest absolute Gasteiger partial charge is 0.388 e. The predicted octanol–water partition coefficient (Wildman–Crippen LogP) is 0.541. The van der Waals surface area contributed by atoms with Gasteiger partial charge in [-0.3, -0.25) is 0 Å². The van der Waals surface area contributed by atoms with Crippen LogP contribution in [0.3, 0.4) is 0 Å². The summed E-state index contributed by atoms with van der Waals surface area (Å²) in [5.41, 5.74) is -0.715. The summed E-state index contributed by atoms with van der Waals surface area (Å²) in [6, 6.07) is 0. The van der Waals surface area contributed by atoms with Crippen molar-refractivity contribution in [2.75, 3.05) is 26.3 Å². The van der Waals surface area contributed by atoms with Gasteiger partial charge in [0.15, 0.2) is 0 Å². The number of nitrogens with one attached hydrogen (secondary N) is 1. The Kier molecular flexibility index (Phi) is 4.99. The fraction of sp³-hybridized carbons (Fsp3) is 1.00. The summed E-state index contributed by atoms with van der Waals surface area (Å²) < 4.78 is 11.1. The maximum Gasteiger partial charge on any atom is 0.0936 e. The second-order valence-electron chi connectivity index (χ2n) is 4.59. The number of aliphatic hydroxyl groups is 1. The third-order valence-corrected chi connectivity index (χ3v) is 2.71. The van der Waals surface area contributed by atoms with Gasteiger partial charge >= 0.3 is 0 Å². The Hall–Kier alpha value is -0.160. The van der Waals surface area contributed by atoms with Crippen LogP contribution in [0.4, 0.5) is 0 Å². The van der Waals surface area contributed by atoms with Crippen molar-refractivity contribution >= 4 is 0 Å². The van der Waals surface area contributed by atoms with E-state index in [1.165, 1.54) is 0 Å². The fourth-order valence-corrected chi connectivity index (χ4v) is 1.48. The summed E-state index contributed by atoms with van der Waals surface area (Å²) in [4.78, 5) is 0. The zero-order chi connectivity index (χ0) is 11.3. The highest BCUT2D eigenvalue weighted by atomic mass is 16.5. The molecular formula is C11H23NO3. The van der Waals surface area contributed by atoms with Crippen LogP contribution in [-0.2, 0) is 9.47 Å². The predicted molar refractivity (Wildman–Crippen MR) is 58.9 cm³/mol. The first-order valence-corrected chi connectivity index (χ1v) is 5.70. The Balaban J connectivity index is 2.14. The number of morpholine rings is 1. The van der Waals surface area contributed by atoms with Crippen molar-refractivity contribution in [3.8, 4) is 0 Å². The molecule has 2 N–H and O–H groups in total. The van der Waals surface area contributed by atoms with E-state index in [-0.39, 0.29) is 12.2 Å². The van der Waals surface area contributed by atoms with Gasteiger partial charge in [0.05, 0.1) is 31.0 Å². The summed E-state index contributed by atoms with van der Waals surface area (Å²) in [5, 5.41) is 13.0. The zero-order valence-electron chi connectivity index (χ0n) is 9.95. The second-order valence-corrected chi connectivity index (χ2v) is 4.59. The van der Waals surface area contributed by atoms with Crippen LogP contribution in [0.2, 0.25) is 0 Å². The van der Waals surface area contributed by atoms with E-state index < -0.39 is 5.60 Å². The minimum atomic E-state index is -0.715. The molecule has 3 atom stereocenters. The zero-order valence-corrected chi connectivity index (χ0v) is 9.95. The molecule has 90 valence electrons. The number of hydrogen-bond acceptors (Lipinski definition) is 4. The van der Waals surface area contributed by atoms with E-state index >= 15 is 0 Å². The van der Waals surface area contributed by atoms with Crippen LogP contribution in [0.5, 0.6) is 0 Å². The molecule has 0 aliphatic carbocycles. The summed E-state index contributed by atoms with van der Waals surface area (Å²) in [6.07, 6.45) is 1.06. The van der Waals surface area contributed by atoms with Gasteiger partial charge in [0.1, 0.15) is 0 Å². The summed E-state index contributed by atoms with van der Waals surface area (Å²) in [6.45, 7) is 8.44. The minimum Gasteiger partial charge on any atom is -0.388 e. The van der Waals surface area contributed by atoms with E-state index in [4.69, 9.17) is 9.47 Å². The second kappa shape index (κ2) is 5.80. The highest BCUT2D eigenvalue weighted by molar-refractivity contribution is 4.73. The van der Waals surface area contributed by atoms with Crippen LogP contribution in [0.1, 0.15) is 27.2 Å². The fourth-order valence-electron chi connectivity index (χ4n) is 1.48. The van der Waals surface area contributed by atoms with Crippen LogP contribution < -0.4 is 5.32 Å². The van der Waals surface area contributed by atoms with Crippen LogP contribution >= 0.6 is 0 Å². The first kappa shape index (κ1) is 12.9.